The van der Waals surface area contributed by atoms with E-state index in [1.165, 1.54) is 0 Å². The molecule has 0 bridgehead atoms. The Kier molecular flexibility index (Phi) is 4.91. The number of benzene rings is 2. The highest BCUT2D eigenvalue weighted by molar-refractivity contribution is 6.33. The molecular formula is C18H18ClN5. The summed E-state index contributed by atoms with van der Waals surface area (Å²) in [4.78, 5) is 13.4. The van der Waals surface area contributed by atoms with Crippen LogP contribution in [0.3, 0.4) is 0 Å². The van der Waals surface area contributed by atoms with E-state index in [4.69, 9.17) is 11.6 Å². The number of nitrogens with one attached hydrogen (secondary N) is 2. The third-order valence-corrected chi connectivity index (χ3v) is 3.54. The minimum absolute atomic E-state index is 0.212. The molecule has 0 saturated heterocycles. The fourth-order valence-electron chi connectivity index (χ4n) is 2.15. The average Bonchev–Trinajstić information content (AvgIpc) is 2.57. The van der Waals surface area contributed by atoms with Crippen molar-refractivity contribution in [3.8, 4) is 11.4 Å². The molecule has 122 valence electrons. The average molecular weight is 340 g/mol. The van der Waals surface area contributed by atoms with Crippen molar-refractivity contribution in [3.63, 3.8) is 0 Å². The molecule has 2 aromatic carbocycles. The Labute approximate surface area is 146 Å². The summed E-state index contributed by atoms with van der Waals surface area (Å²) in [7, 11) is 0. The summed E-state index contributed by atoms with van der Waals surface area (Å²) in [6.45, 7) is 4.07. The number of para-hydroxylation sites is 1. The predicted octanol–water partition coefficient (Wildman–Crippen LogP) is 4.76. The molecule has 2 N–H and O–H groups in total. The summed E-state index contributed by atoms with van der Waals surface area (Å²) in [5.41, 5.74) is 1.67. The fourth-order valence-corrected chi connectivity index (χ4v) is 2.34. The van der Waals surface area contributed by atoms with Crippen LogP contribution < -0.4 is 10.6 Å². The number of nitrogens with zero attached hydrogens (tertiary/aromatic N) is 3. The van der Waals surface area contributed by atoms with Crippen LogP contribution >= 0.6 is 11.6 Å². The molecule has 0 fully saturated rings. The van der Waals surface area contributed by atoms with Crippen LogP contribution in [-0.2, 0) is 0 Å². The number of halogens is 1. The van der Waals surface area contributed by atoms with E-state index in [2.05, 4.69) is 25.6 Å². The van der Waals surface area contributed by atoms with Gasteiger partial charge in [-0.3, -0.25) is 0 Å². The smallest absolute Gasteiger partial charge is 0.232 e. The molecule has 0 amide bonds. The highest BCUT2D eigenvalue weighted by Gasteiger charge is 2.10. The summed E-state index contributed by atoms with van der Waals surface area (Å²) in [5.74, 6) is 1.57. The quantitative estimate of drug-likeness (QED) is 0.702. The molecule has 1 aromatic heterocycles. The zero-order valence-electron chi connectivity index (χ0n) is 13.5. The lowest BCUT2D eigenvalue weighted by Gasteiger charge is -2.12. The van der Waals surface area contributed by atoms with E-state index in [1.807, 2.05) is 68.4 Å². The molecule has 0 aliphatic carbocycles. The van der Waals surface area contributed by atoms with Gasteiger partial charge in [-0.15, -0.1) is 0 Å². The molecule has 24 heavy (non-hydrogen) atoms. The number of hydrogen-bond donors (Lipinski definition) is 2. The van der Waals surface area contributed by atoms with Gasteiger partial charge in [-0.1, -0.05) is 54.1 Å². The molecule has 0 aliphatic heterocycles. The van der Waals surface area contributed by atoms with E-state index in [0.717, 1.165) is 11.3 Å². The molecule has 0 saturated carbocycles. The topological polar surface area (TPSA) is 62.7 Å². The summed E-state index contributed by atoms with van der Waals surface area (Å²) in [5, 5.41) is 6.99. The monoisotopic (exact) mass is 339 g/mol. The highest BCUT2D eigenvalue weighted by atomic mass is 35.5. The van der Waals surface area contributed by atoms with Crippen molar-refractivity contribution >= 4 is 29.2 Å². The van der Waals surface area contributed by atoms with E-state index in [1.54, 1.807) is 0 Å². The van der Waals surface area contributed by atoms with Crippen LogP contribution in [0.25, 0.3) is 11.4 Å². The van der Waals surface area contributed by atoms with Crippen LogP contribution in [0.15, 0.2) is 54.6 Å². The molecule has 0 aliphatic rings. The maximum Gasteiger partial charge on any atom is 0.232 e. The van der Waals surface area contributed by atoms with Gasteiger partial charge in [-0.2, -0.15) is 15.0 Å². The molecule has 0 spiro atoms. The van der Waals surface area contributed by atoms with E-state index < -0.39 is 0 Å². The van der Waals surface area contributed by atoms with Crippen molar-refractivity contribution in [2.75, 3.05) is 10.6 Å². The minimum Gasteiger partial charge on any atom is -0.352 e. The van der Waals surface area contributed by atoms with E-state index in [0.29, 0.717) is 22.7 Å². The highest BCUT2D eigenvalue weighted by Crippen LogP contribution is 2.25. The van der Waals surface area contributed by atoms with Crippen LogP contribution in [0.1, 0.15) is 13.8 Å². The summed E-state index contributed by atoms with van der Waals surface area (Å²) < 4.78 is 0. The van der Waals surface area contributed by atoms with Crippen molar-refractivity contribution in [1.29, 1.82) is 0 Å². The maximum absolute atomic E-state index is 6.21. The largest absolute Gasteiger partial charge is 0.352 e. The second-order valence-electron chi connectivity index (χ2n) is 5.58. The van der Waals surface area contributed by atoms with Crippen molar-refractivity contribution < 1.29 is 0 Å². The normalized spacial score (nSPS) is 10.7. The molecule has 0 radical (unpaired) electrons. The lowest BCUT2D eigenvalue weighted by atomic mass is 10.2. The fraction of sp³-hybridized carbons (Fsp3) is 0.167. The van der Waals surface area contributed by atoms with Crippen molar-refractivity contribution in [2.45, 2.75) is 19.9 Å². The van der Waals surface area contributed by atoms with Gasteiger partial charge in [0.05, 0.1) is 10.7 Å². The summed E-state index contributed by atoms with van der Waals surface area (Å²) in [6, 6.07) is 17.5. The van der Waals surface area contributed by atoms with Gasteiger partial charge in [0.2, 0.25) is 11.9 Å². The number of rotatable bonds is 5. The Morgan fingerprint density at radius 3 is 2.21 bits per heavy atom. The number of hydrogen-bond acceptors (Lipinski definition) is 5. The lowest BCUT2D eigenvalue weighted by Crippen LogP contribution is -2.14. The number of aromatic nitrogens is 3. The molecule has 0 unspecified atom stereocenters. The Morgan fingerprint density at radius 1 is 0.833 bits per heavy atom. The Balaban J connectivity index is 2.00. The van der Waals surface area contributed by atoms with E-state index in [9.17, 15) is 0 Å². The van der Waals surface area contributed by atoms with Gasteiger partial charge in [-0.05, 0) is 26.0 Å². The SMILES string of the molecule is CC(C)Nc1nc(Nc2ccccc2Cl)nc(-c2ccccc2)n1. The second kappa shape index (κ2) is 7.27. The molecule has 5 nitrogen and oxygen atoms in total. The standard InChI is InChI=1S/C18H18ClN5/c1-12(2)20-17-22-16(13-8-4-3-5-9-13)23-18(24-17)21-15-11-7-6-10-14(15)19/h3-12H,1-2H3,(H2,20,21,22,23,24). The van der Waals surface area contributed by atoms with Crippen LogP contribution in [0.4, 0.5) is 17.6 Å². The van der Waals surface area contributed by atoms with Gasteiger partial charge >= 0.3 is 0 Å². The van der Waals surface area contributed by atoms with Gasteiger partial charge in [0.15, 0.2) is 5.82 Å². The van der Waals surface area contributed by atoms with Crippen molar-refractivity contribution in [1.82, 2.24) is 15.0 Å². The maximum atomic E-state index is 6.21. The second-order valence-corrected chi connectivity index (χ2v) is 5.98. The van der Waals surface area contributed by atoms with Crippen LogP contribution in [0, 0.1) is 0 Å². The Hall–Kier alpha value is -2.66. The summed E-state index contributed by atoms with van der Waals surface area (Å²) >= 11 is 6.21. The zero-order chi connectivity index (χ0) is 16.9. The number of anilines is 3. The zero-order valence-corrected chi connectivity index (χ0v) is 14.2. The third-order valence-electron chi connectivity index (χ3n) is 3.21. The first kappa shape index (κ1) is 16.2. The Bertz CT molecular complexity index is 821. The van der Waals surface area contributed by atoms with Crippen LogP contribution in [0.2, 0.25) is 5.02 Å². The first-order chi connectivity index (χ1) is 11.6. The molecule has 0 atom stereocenters. The van der Waals surface area contributed by atoms with Gasteiger partial charge in [-0.25, -0.2) is 0 Å². The van der Waals surface area contributed by atoms with Gasteiger partial charge < -0.3 is 10.6 Å². The molecular weight excluding hydrogens is 322 g/mol. The molecule has 3 aromatic rings. The minimum atomic E-state index is 0.212. The van der Waals surface area contributed by atoms with Gasteiger partial charge in [0, 0.05) is 11.6 Å². The first-order valence-electron chi connectivity index (χ1n) is 7.71. The molecule has 6 heteroatoms. The van der Waals surface area contributed by atoms with Crippen LogP contribution in [-0.4, -0.2) is 21.0 Å². The van der Waals surface area contributed by atoms with E-state index in [-0.39, 0.29) is 6.04 Å². The molecule has 1 heterocycles. The first-order valence-corrected chi connectivity index (χ1v) is 8.09. The lowest BCUT2D eigenvalue weighted by molar-refractivity contribution is 0.869. The van der Waals surface area contributed by atoms with Crippen molar-refractivity contribution in [2.24, 2.45) is 0 Å². The summed E-state index contributed by atoms with van der Waals surface area (Å²) in [6.07, 6.45) is 0. The third kappa shape index (κ3) is 4.00. The van der Waals surface area contributed by atoms with Crippen LogP contribution in [0.5, 0.6) is 0 Å². The molecule has 3 rings (SSSR count). The Morgan fingerprint density at radius 2 is 1.50 bits per heavy atom. The van der Waals surface area contributed by atoms with Crippen molar-refractivity contribution in [3.05, 3.63) is 59.6 Å². The predicted molar refractivity (Wildman–Crippen MR) is 98.8 cm³/mol. The van der Waals surface area contributed by atoms with Gasteiger partial charge in [0.25, 0.3) is 0 Å². The van der Waals surface area contributed by atoms with E-state index >= 15 is 0 Å². The van der Waals surface area contributed by atoms with Gasteiger partial charge in [0.1, 0.15) is 0 Å².